The second-order valence-corrected chi connectivity index (χ2v) is 5.55. The highest BCUT2D eigenvalue weighted by Gasteiger charge is 2.25. The number of aromatic nitrogens is 2. The molecule has 2 heterocycles. The predicted molar refractivity (Wildman–Crippen MR) is 75.8 cm³/mol. The Morgan fingerprint density at radius 2 is 2.21 bits per heavy atom. The molecule has 1 amide bonds. The van der Waals surface area contributed by atoms with Crippen molar-refractivity contribution in [3.8, 4) is 0 Å². The first-order valence-electron chi connectivity index (χ1n) is 7.49. The Kier molecular flexibility index (Phi) is 5.00. The van der Waals surface area contributed by atoms with Crippen molar-refractivity contribution < 1.29 is 4.79 Å². The van der Waals surface area contributed by atoms with Crippen LogP contribution in [-0.2, 0) is 4.79 Å². The van der Waals surface area contributed by atoms with Crippen molar-refractivity contribution in [1.29, 1.82) is 0 Å². The SMILES string of the molecule is CCC(CC(C)n1ccnc1)N1CCCCCC1=O. The molecule has 0 saturated carbocycles. The zero-order valence-corrected chi connectivity index (χ0v) is 12.1. The third kappa shape index (κ3) is 3.58. The summed E-state index contributed by atoms with van der Waals surface area (Å²) in [4.78, 5) is 18.4. The number of amides is 1. The molecule has 2 atom stereocenters. The minimum absolute atomic E-state index is 0.349. The molecular weight excluding hydrogens is 238 g/mol. The maximum atomic E-state index is 12.2. The van der Waals surface area contributed by atoms with Crippen molar-refractivity contribution in [2.45, 2.75) is 64.5 Å². The largest absolute Gasteiger partial charge is 0.340 e. The van der Waals surface area contributed by atoms with Crippen LogP contribution < -0.4 is 0 Å². The average Bonchev–Trinajstić information content (AvgIpc) is 2.86. The van der Waals surface area contributed by atoms with E-state index in [0.717, 1.165) is 38.6 Å². The molecule has 1 aliphatic heterocycles. The fourth-order valence-electron chi connectivity index (χ4n) is 2.95. The molecule has 2 rings (SSSR count). The Hall–Kier alpha value is -1.32. The molecule has 1 fully saturated rings. The van der Waals surface area contributed by atoms with E-state index in [9.17, 15) is 4.79 Å². The molecule has 0 radical (unpaired) electrons. The summed E-state index contributed by atoms with van der Waals surface area (Å²) in [5.74, 6) is 0.349. The normalized spacial score (nSPS) is 20.1. The van der Waals surface area contributed by atoms with Crippen molar-refractivity contribution in [3.63, 3.8) is 0 Å². The van der Waals surface area contributed by atoms with Crippen LogP contribution in [0, 0.1) is 0 Å². The van der Waals surface area contributed by atoms with E-state index in [4.69, 9.17) is 0 Å². The summed E-state index contributed by atoms with van der Waals surface area (Å²) in [6, 6.07) is 0.756. The quantitative estimate of drug-likeness (QED) is 0.819. The standard InChI is InChI=1S/C15H25N3O/c1-3-14(11-13(2)17-10-8-16-12-17)18-9-6-4-5-7-15(18)19/h8,10,12-14H,3-7,9,11H2,1-2H3. The van der Waals surface area contributed by atoms with E-state index in [1.54, 1.807) is 0 Å². The van der Waals surface area contributed by atoms with Crippen LogP contribution in [0.4, 0.5) is 0 Å². The van der Waals surface area contributed by atoms with Crippen LogP contribution >= 0.6 is 0 Å². The Labute approximate surface area is 115 Å². The van der Waals surface area contributed by atoms with Crippen molar-refractivity contribution in [2.24, 2.45) is 0 Å². The Balaban J connectivity index is 2.00. The van der Waals surface area contributed by atoms with Gasteiger partial charge in [0.05, 0.1) is 6.33 Å². The predicted octanol–water partition coefficient (Wildman–Crippen LogP) is 3.02. The molecule has 0 spiro atoms. The van der Waals surface area contributed by atoms with Gasteiger partial charge in [-0.1, -0.05) is 13.3 Å². The number of hydrogen-bond acceptors (Lipinski definition) is 2. The van der Waals surface area contributed by atoms with E-state index >= 15 is 0 Å². The van der Waals surface area contributed by atoms with E-state index in [2.05, 4.69) is 28.3 Å². The summed E-state index contributed by atoms with van der Waals surface area (Å²) in [5, 5.41) is 0. The third-order valence-corrected chi connectivity index (χ3v) is 4.17. The fraction of sp³-hybridized carbons (Fsp3) is 0.733. The van der Waals surface area contributed by atoms with Gasteiger partial charge in [0.15, 0.2) is 0 Å². The maximum absolute atomic E-state index is 12.2. The molecule has 1 aromatic rings. The number of nitrogens with zero attached hydrogens (tertiary/aromatic N) is 3. The van der Waals surface area contributed by atoms with E-state index < -0.39 is 0 Å². The van der Waals surface area contributed by atoms with Crippen LogP contribution in [-0.4, -0.2) is 32.9 Å². The van der Waals surface area contributed by atoms with Crippen LogP contribution in [0.25, 0.3) is 0 Å². The summed E-state index contributed by atoms with van der Waals surface area (Å²) < 4.78 is 2.13. The van der Waals surface area contributed by atoms with E-state index in [-0.39, 0.29) is 0 Å². The summed E-state index contributed by atoms with van der Waals surface area (Å²) >= 11 is 0. The topological polar surface area (TPSA) is 38.1 Å². The van der Waals surface area contributed by atoms with Crippen LogP contribution in [0.1, 0.15) is 58.4 Å². The van der Waals surface area contributed by atoms with Gasteiger partial charge in [0, 0.05) is 37.4 Å². The number of likely N-dealkylation sites (tertiary alicyclic amines) is 1. The van der Waals surface area contributed by atoms with Gasteiger partial charge in [0.25, 0.3) is 0 Å². The van der Waals surface area contributed by atoms with Crippen molar-refractivity contribution in [3.05, 3.63) is 18.7 Å². The zero-order valence-electron chi connectivity index (χ0n) is 12.1. The number of hydrogen-bond donors (Lipinski definition) is 0. The van der Waals surface area contributed by atoms with Gasteiger partial charge in [-0.2, -0.15) is 0 Å². The lowest BCUT2D eigenvalue weighted by Crippen LogP contribution is -2.40. The molecule has 1 aliphatic rings. The lowest BCUT2D eigenvalue weighted by atomic mass is 10.0. The Morgan fingerprint density at radius 1 is 1.37 bits per heavy atom. The van der Waals surface area contributed by atoms with Gasteiger partial charge < -0.3 is 9.47 Å². The minimum Gasteiger partial charge on any atom is -0.340 e. The van der Waals surface area contributed by atoms with Crippen LogP contribution in [0.3, 0.4) is 0 Å². The van der Waals surface area contributed by atoms with Crippen molar-refractivity contribution in [1.82, 2.24) is 14.5 Å². The van der Waals surface area contributed by atoms with Gasteiger partial charge in [0.1, 0.15) is 0 Å². The monoisotopic (exact) mass is 263 g/mol. The summed E-state index contributed by atoms with van der Waals surface area (Å²) in [6.07, 6.45) is 11.9. The van der Waals surface area contributed by atoms with Crippen molar-refractivity contribution >= 4 is 5.91 Å². The summed E-state index contributed by atoms with van der Waals surface area (Å²) in [5.41, 5.74) is 0. The van der Waals surface area contributed by atoms with Gasteiger partial charge in [-0.25, -0.2) is 4.98 Å². The number of carbonyl (C=O) groups excluding carboxylic acids is 1. The molecular formula is C15H25N3O. The molecule has 106 valence electrons. The van der Waals surface area contributed by atoms with Gasteiger partial charge >= 0.3 is 0 Å². The molecule has 0 N–H and O–H groups in total. The van der Waals surface area contributed by atoms with E-state index in [1.807, 2.05) is 18.7 Å². The zero-order chi connectivity index (χ0) is 13.7. The molecule has 19 heavy (non-hydrogen) atoms. The molecule has 0 bridgehead atoms. The lowest BCUT2D eigenvalue weighted by Gasteiger charge is -2.32. The third-order valence-electron chi connectivity index (χ3n) is 4.17. The van der Waals surface area contributed by atoms with Gasteiger partial charge in [-0.3, -0.25) is 4.79 Å². The number of imidazole rings is 1. The molecule has 0 aromatic carbocycles. The number of carbonyl (C=O) groups is 1. The maximum Gasteiger partial charge on any atom is 0.222 e. The highest BCUT2D eigenvalue weighted by atomic mass is 16.2. The fourth-order valence-corrected chi connectivity index (χ4v) is 2.95. The Bertz CT molecular complexity index is 388. The van der Waals surface area contributed by atoms with Crippen molar-refractivity contribution in [2.75, 3.05) is 6.54 Å². The second kappa shape index (κ2) is 6.73. The van der Waals surface area contributed by atoms with Gasteiger partial charge in [-0.05, 0) is 32.6 Å². The van der Waals surface area contributed by atoms with Gasteiger partial charge in [0.2, 0.25) is 5.91 Å². The van der Waals surface area contributed by atoms with Crippen LogP contribution in [0.15, 0.2) is 18.7 Å². The smallest absolute Gasteiger partial charge is 0.222 e. The molecule has 2 unspecified atom stereocenters. The second-order valence-electron chi connectivity index (χ2n) is 5.55. The highest BCUT2D eigenvalue weighted by molar-refractivity contribution is 5.76. The first-order valence-corrected chi connectivity index (χ1v) is 7.49. The molecule has 1 aromatic heterocycles. The summed E-state index contributed by atoms with van der Waals surface area (Å²) in [6.45, 7) is 5.32. The molecule has 0 aliphatic carbocycles. The molecule has 4 heteroatoms. The average molecular weight is 263 g/mol. The van der Waals surface area contributed by atoms with Gasteiger partial charge in [-0.15, -0.1) is 0 Å². The minimum atomic E-state index is 0.349. The van der Waals surface area contributed by atoms with Crippen LogP contribution in [0.5, 0.6) is 0 Å². The van der Waals surface area contributed by atoms with E-state index in [1.165, 1.54) is 6.42 Å². The van der Waals surface area contributed by atoms with E-state index in [0.29, 0.717) is 18.0 Å². The molecule has 4 nitrogen and oxygen atoms in total. The Morgan fingerprint density at radius 3 is 2.89 bits per heavy atom. The first-order chi connectivity index (χ1) is 9.22. The lowest BCUT2D eigenvalue weighted by molar-refractivity contribution is -0.133. The molecule has 1 saturated heterocycles. The summed E-state index contributed by atoms with van der Waals surface area (Å²) in [7, 11) is 0. The highest BCUT2D eigenvalue weighted by Crippen LogP contribution is 2.22. The van der Waals surface area contributed by atoms with Crippen LogP contribution in [0.2, 0.25) is 0 Å². The first kappa shape index (κ1) is 14.1. The number of rotatable bonds is 5.